The van der Waals surface area contributed by atoms with Gasteiger partial charge in [-0.15, -0.1) is 0 Å². The summed E-state index contributed by atoms with van der Waals surface area (Å²) in [6.45, 7) is 0. The summed E-state index contributed by atoms with van der Waals surface area (Å²) in [6.07, 6.45) is 1.80. The molecule has 0 aliphatic rings. The fourth-order valence-corrected chi connectivity index (χ4v) is 4.46. The highest BCUT2D eigenvalue weighted by molar-refractivity contribution is 6.10. The number of benzene rings is 5. The zero-order valence-corrected chi connectivity index (χ0v) is 18.1. The molecule has 0 bridgehead atoms. The van der Waals surface area contributed by atoms with Gasteiger partial charge in [-0.3, -0.25) is 0 Å². The summed E-state index contributed by atoms with van der Waals surface area (Å²) in [7, 11) is 1.66. The molecule has 0 aliphatic carbocycles. The average molecular weight is 424 g/mol. The Bertz CT molecular complexity index is 1710. The average Bonchev–Trinajstić information content (AvgIpc) is 3.30. The van der Waals surface area contributed by atoms with Crippen molar-refractivity contribution >= 4 is 32.5 Å². The molecule has 0 amide bonds. The van der Waals surface area contributed by atoms with E-state index >= 15 is 0 Å². The first-order valence-corrected chi connectivity index (χ1v) is 10.9. The van der Waals surface area contributed by atoms with Gasteiger partial charge in [0.15, 0.2) is 0 Å². The van der Waals surface area contributed by atoms with Gasteiger partial charge in [-0.2, -0.15) is 0 Å². The van der Waals surface area contributed by atoms with Crippen LogP contribution in [0.2, 0.25) is 0 Å². The van der Waals surface area contributed by atoms with Crippen LogP contribution in [0, 0.1) is 11.8 Å². The summed E-state index contributed by atoms with van der Waals surface area (Å²) < 4.78 is 11.2. The van der Waals surface area contributed by atoms with E-state index in [2.05, 4.69) is 78.6 Å². The van der Waals surface area contributed by atoms with Gasteiger partial charge < -0.3 is 9.15 Å². The molecule has 0 saturated carbocycles. The minimum absolute atomic E-state index is 0.777. The molecular weight excluding hydrogens is 404 g/mol. The van der Waals surface area contributed by atoms with Gasteiger partial charge >= 0.3 is 0 Å². The molecule has 1 heterocycles. The van der Waals surface area contributed by atoms with Crippen molar-refractivity contribution in [2.75, 3.05) is 7.11 Å². The molecule has 0 N–H and O–H groups in total. The molecule has 2 nitrogen and oxygen atoms in total. The highest BCUT2D eigenvalue weighted by Crippen LogP contribution is 2.34. The van der Waals surface area contributed by atoms with Gasteiger partial charge in [0.05, 0.1) is 13.4 Å². The first kappa shape index (κ1) is 19.2. The molecule has 33 heavy (non-hydrogen) atoms. The normalized spacial score (nSPS) is 10.9. The van der Waals surface area contributed by atoms with Crippen LogP contribution < -0.4 is 4.74 Å². The van der Waals surface area contributed by atoms with Crippen molar-refractivity contribution in [3.63, 3.8) is 0 Å². The summed E-state index contributed by atoms with van der Waals surface area (Å²) in [6, 6.07) is 33.3. The largest absolute Gasteiger partial charge is 0.497 e. The molecule has 0 aliphatic heterocycles. The molecule has 6 aromatic rings. The molecule has 5 aromatic carbocycles. The molecular formula is C31H20O2. The number of hydrogen-bond donors (Lipinski definition) is 0. The van der Waals surface area contributed by atoms with Gasteiger partial charge in [0.2, 0.25) is 0 Å². The van der Waals surface area contributed by atoms with Crippen LogP contribution in [0.5, 0.6) is 5.75 Å². The Labute approximate surface area is 192 Å². The highest BCUT2D eigenvalue weighted by atomic mass is 16.5. The van der Waals surface area contributed by atoms with Crippen molar-refractivity contribution in [3.05, 3.63) is 114 Å². The minimum atomic E-state index is 0.777. The third kappa shape index (κ3) is 3.32. The first-order valence-electron chi connectivity index (χ1n) is 10.9. The second-order valence-corrected chi connectivity index (χ2v) is 8.00. The van der Waals surface area contributed by atoms with Crippen molar-refractivity contribution < 1.29 is 9.15 Å². The summed E-state index contributed by atoms with van der Waals surface area (Å²) in [5.41, 5.74) is 4.88. The van der Waals surface area contributed by atoms with Crippen LogP contribution in [0.3, 0.4) is 0 Å². The lowest BCUT2D eigenvalue weighted by atomic mass is 9.96. The number of fused-ring (bicyclic) bond motifs is 4. The van der Waals surface area contributed by atoms with E-state index in [1.807, 2.05) is 30.3 Å². The van der Waals surface area contributed by atoms with E-state index in [0.717, 1.165) is 39.0 Å². The Morgan fingerprint density at radius 3 is 2.21 bits per heavy atom. The number of furan rings is 1. The van der Waals surface area contributed by atoms with Crippen LogP contribution in [-0.2, 0) is 0 Å². The maximum atomic E-state index is 5.84. The van der Waals surface area contributed by atoms with Crippen LogP contribution >= 0.6 is 0 Å². The van der Waals surface area contributed by atoms with Crippen molar-refractivity contribution in [2.45, 2.75) is 0 Å². The van der Waals surface area contributed by atoms with Gasteiger partial charge in [0, 0.05) is 33.7 Å². The van der Waals surface area contributed by atoms with Crippen molar-refractivity contribution in [2.24, 2.45) is 0 Å². The third-order valence-electron chi connectivity index (χ3n) is 6.10. The molecule has 2 heteroatoms. The molecule has 0 saturated heterocycles. The molecule has 0 atom stereocenters. The number of methoxy groups -OCH3 is 1. The standard InChI is InChI=1S/C31H20O2/c1-32-24-16-17-29-30(20-33-31(29)19-24)25-10-4-2-8-21(25)14-15-23-18-22-9-3-5-11-26(22)28-13-7-6-12-27(23)28/h2-13,16-20H,1H3. The molecule has 6 rings (SSSR count). The highest BCUT2D eigenvalue weighted by Gasteiger charge is 2.12. The second-order valence-electron chi connectivity index (χ2n) is 8.00. The number of rotatable bonds is 2. The smallest absolute Gasteiger partial charge is 0.138 e. The Hall–Kier alpha value is -4.48. The molecule has 0 unspecified atom stereocenters. The lowest BCUT2D eigenvalue weighted by Gasteiger charge is -2.07. The Morgan fingerprint density at radius 1 is 0.606 bits per heavy atom. The van der Waals surface area contributed by atoms with Crippen LogP contribution in [-0.4, -0.2) is 7.11 Å². The lowest BCUT2D eigenvalue weighted by molar-refractivity contribution is 0.414. The van der Waals surface area contributed by atoms with Crippen LogP contribution in [0.1, 0.15) is 11.1 Å². The van der Waals surface area contributed by atoms with E-state index in [1.54, 1.807) is 13.4 Å². The fraction of sp³-hybridized carbons (Fsp3) is 0.0323. The van der Waals surface area contributed by atoms with E-state index in [1.165, 1.54) is 21.5 Å². The van der Waals surface area contributed by atoms with E-state index in [0.29, 0.717) is 0 Å². The van der Waals surface area contributed by atoms with Crippen LogP contribution in [0.15, 0.2) is 108 Å². The van der Waals surface area contributed by atoms with Gasteiger partial charge in [0.1, 0.15) is 11.3 Å². The third-order valence-corrected chi connectivity index (χ3v) is 6.10. The van der Waals surface area contributed by atoms with E-state index in [4.69, 9.17) is 9.15 Å². The molecule has 156 valence electrons. The number of ether oxygens (including phenoxy) is 1. The van der Waals surface area contributed by atoms with Crippen molar-refractivity contribution in [1.82, 2.24) is 0 Å². The van der Waals surface area contributed by atoms with E-state index in [9.17, 15) is 0 Å². The zero-order valence-electron chi connectivity index (χ0n) is 18.1. The quantitative estimate of drug-likeness (QED) is 0.209. The maximum Gasteiger partial charge on any atom is 0.138 e. The monoisotopic (exact) mass is 424 g/mol. The second kappa shape index (κ2) is 7.89. The summed E-state index contributed by atoms with van der Waals surface area (Å²) in [5.74, 6) is 7.69. The first-order chi connectivity index (χ1) is 16.3. The molecule has 1 aromatic heterocycles. The van der Waals surface area contributed by atoms with Crippen molar-refractivity contribution in [1.29, 1.82) is 0 Å². The van der Waals surface area contributed by atoms with E-state index in [-0.39, 0.29) is 0 Å². The Balaban J connectivity index is 1.51. The van der Waals surface area contributed by atoms with Crippen LogP contribution in [0.4, 0.5) is 0 Å². The van der Waals surface area contributed by atoms with Gasteiger partial charge in [-0.1, -0.05) is 78.6 Å². The summed E-state index contributed by atoms with van der Waals surface area (Å²) in [5, 5.41) is 5.88. The predicted octanol–water partition coefficient (Wildman–Crippen LogP) is 7.81. The minimum Gasteiger partial charge on any atom is -0.497 e. The predicted molar refractivity (Wildman–Crippen MR) is 136 cm³/mol. The zero-order chi connectivity index (χ0) is 22.2. The summed E-state index contributed by atoms with van der Waals surface area (Å²) >= 11 is 0. The van der Waals surface area contributed by atoms with E-state index < -0.39 is 0 Å². The molecule has 0 fully saturated rings. The SMILES string of the molecule is COc1ccc2c(-c3ccccc3C#Cc3cc4ccccc4c4ccccc34)coc2c1. The van der Waals surface area contributed by atoms with Gasteiger partial charge in [-0.05, 0) is 45.8 Å². The van der Waals surface area contributed by atoms with Crippen molar-refractivity contribution in [3.8, 4) is 28.7 Å². The van der Waals surface area contributed by atoms with Crippen LogP contribution in [0.25, 0.3) is 43.6 Å². The van der Waals surface area contributed by atoms with Gasteiger partial charge in [-0.25, -0.2) is 0 Å². The Morgan fingerprint density at radius 2 is 1.33 bits per heavy atom. The lowest BCUT2D eigenvalue weighted by Crippen LogP contribution is -1.86. The summed E-state index contributed by atoms with van der Waals surface area (Å²) in [4.78, 5) is 0. The fourth-order valence-electron chi connectivity index (χ4n) is 4.46. The Kier molecular flexibility index (Phi) is 4.60. The molecule has 0 radical (unpaired) electrons. The molecule has 0 spiro atoms. The van der Waals surface area contributed by atoms with Gasteiger partial charge in [0.25, 0.3) is 0 Å². The topological polar surface area (TPSA) is 22.4 Å². The number of hydrogen-bond acceptors (Lipinski definition) is 2. The maximum absolute atomic E-state index is 5.84.